The average molecular weight is 225 g/mol. The fourth-order valence-electron chi connectivity index (χ4n) is 1.45. The Morgan fingerprint density at radius 3 is 2.50 bits per heavy atom. The van der Waals surface area contributed by atoms with Gasteiger partial charge >= 0.3 is 5.97 Å². The lowest BCUT2D eigenvalue weighted by molar-refractivity contribution is -0.139. The van der Waals surface area contributed by atoms with Gasteiger partial charge in [-0.15, -0.1) is 0 Å². The lowest BCUT2D eigenvalue weighted by atomic mass is 10.1. The van der Waals surface area contributed by atoms with E-state index in [4.69, 9.17) is 5.11 Å². The molecule has 1 rings (SSSR count). The molecule has 16 heavy (non-hydrogen) atoms. The van der Waals surface area contributed by atoms with Gasteiger partial charge in [-0.25, -0.2) is 4.79 Å². The van der Waals surface area contributed by atoms with Crippen molar-refractivity contribution in [1.82, 2.24) is 15.5 Å². The number of nitrogens with zero attached hydrogens (tertiary/aromatic N) is 1. The van der Waals surface area contributed by atoms with Gasteiger partial charge in [-0.2, -0.15) is 5.10 Å². The topological polar surface area (TPSA) is 95.1 Å². The van der Waals surface area contributed by atoms with Gasteiger partial charge in [-0.05, 0) is 20.3 Å². The number of carbonyl (C=O) groups is 2. The Kier molecular flexibility index (Phi) is 3.65. The Morgan fingerprint density at radius 1 is 1.50 bits per heavy atom. The first kappa shape index (κ1) is 12.2. The fraction of sp³-hybridized carbons (Fsp3) is 0.500. The van der Waals surface area contributed by atoms with Gasteiger partial charge in [0.15, 0.2) is 0 Å². The SMILES string of the molecule is CC[C@@H](NC(=O)c1c(C)n[nH]c1C)C(=O)O. The summed E-state index contributed by atoms with van der Waals surface area (Å²) >= 11 is 0. The zero-order chi connectivity index (χ0) is 12.3. The standard InChI is InChI=1S/C10H15N3O3/c1-4-7(10(15)16)11-9(14)8-5(2)12-13-6(8)3/h7H,4H2,1-3H3,(H,11,14)(H,12,13)(H,15,16)/t7-/m1/s1. The minimum absolute atomic E-state index is 0.344. The van der Waals surface area contributed by atoms with Crippen molar-refractivity contribution in [3.63, 3.8) is 0 Å². The van der Waals surface area contributed by atoms with E-state index in [0.29, 0.717) is 23.4 Å². The molecule has 0 fully saturated rings. The van der Waals surface area contributed by atoms with Crippen molar-refractivity contribution in [3.05, 3.63) is 17.0 Å². The van der Waals surface area contributed by atoms with E-state index in [1.54, 1.807) is 20.8 Å². The van der Waals surface area contributed by atoms with Crippen LogP contribution in [0.1, 0.15) is 35.1 Å². The minimum Gasteiger partial charge on any atom is -0.480 e. The first-order valence-corrected chi connectivity index (χ1v) is 5.02. The summed E-state index contributed by atoms with van der Waals surface area (Å²) in [6, 6.07) is -0.860. The van der Waals surface area contributed by atoms with Crippen LogP contribution in [0.5, 0.6) is 0 Å². The van der Waals surface area contributed by atoms with E-state index in [9.17, 15) is 9.59 Å². The van der Waals surface area contributed by atoms with E-state index in [2.05, 4.69) is 15.5 Å². The number of carboxylic acids is 1. The van der Waals surface area contributed by atoms with Crippen molar-refractivity contribution >= 4 is 11.9 Å². The number of aromatic amines is 1. The van der Waals surface area contributed by atoms with E-state index < -0.39 is 17.9 Å². The van der Waals surface area contributed by atoms with Gasteiger partial charge in [0.1, 0.15) is 6.04 Å². The summed E-state index contributed by atoms with van der Waals surface area (Å²) in [5, 5.41) is 17.8. The third kappa shape index (κ3) is 2.39. The van der Waals surface area contributed by atoms with Crippen LogP contribution in [0.2, 0.25) is 0 Å². The first-order valence-electron chi connectivity index (χ1n) is 5.02. The molecule has 1 atom stereocenters. The highest BCUT2D eigenvalue weighted by Gasteiger charge is 2.21. The van der Waals surface area contributed by atoms with Crippen LogP contribution >= 0.6 is 0 Å². The van der Waals surface area contributed by atoms with Gasteiger partial charge in [0.05, 0.1) is 11.3 Å². The molecule has 0 bridgehead atoms. The molecule has 0 aliphatic rings. The van der Waals surface area contributed by atoms with E-state index in [-0.39, 0.29) is 0 Å². The molecule has 6 heteroatoms. The van der Waals surface area contributed by atoms with Crippen LogP contribution in [-0.4, -0.2) is 33.2 Å². The van der Waals surface area contributed by atoms with Crippen LogP contribution in [0.3, 0.4) is 0 Å². The van der Waals surface area contributed by atoms with Crippen molar-refractivity contribution < 1.29 is 14.7 Å². The molecule has 0 aromatic carbocycles. The molecule has 0 saturated carbocycles. The number of aliphatic carboxylic acids is 1. The number of rotatable bonds is 4. The molecule has 0 saturated heterocycles. The Bertz CT molecular complexity index is 392. The zero-order valence-corrected chi connectivity index (χ0v) is 9.50. The summed E-state index contributed by atoms with van der Waals surface area (Å²) in [5.74, 6) is -1.44. The molecule has 6 nitrogen and oxygen atoms in total. The Hall–Kier alpha value is -1.85. The molecule has 1 aromatic heterocycles. The van der Waals surface area contributed by atoms with Gasteiger partial charge in [-0.1, -0.05) is 6.92 Å². The normalized spacial score (nSPS) is 12.2. The van der Waals surface area contributed by atoms with Gasteiger partial charge < -0.3 is 10.4 Å². The second-order valence-electron chi connectivity index (χ2n) is 3.58. The first-order chi connectivity index (χ1) is 7.47. The fourth-order valence-corrected chi connectivity index (χ4v) is 1.45. The molecule has 0 aliphatic heterocycles. The van der Waals surface area contributed by atoms with Crippen LogP contribution < -0.4 is 5.32 Å². The summed E-state index contributed by atoms with van der Waals surface area (Å²) in [7, 11) is 0. The molecule has 0 aliphatic carbocycles. The number of aryl methyl sites for hydroxylation is 2. The quantitative estimate of drug-likeness (QED) is 0.700. The molecule has 0 unspecified atom stereocenters. The Labute approximate surface area is 93.1 Å². The molecular formula is C10H15N3O3. The number of hydrogen-bond donors (Lipinski definition) is 3. The smallest absolute Gasteiger partial charge is 0.326 e. The minimum atomic E-state index is -1.03. The summed E-state index contributed by atoms with van der Waals surface area (Å²) in [6.45, 7) is 5.12. The summed E-state index contributed by atoms with van der Waals surface area (Å²) in [5.41, 5.74) is 1.62. The number of aromatic nitrogens is 2. The highest BCUT2D eigenvalue weighted by atomic mass is 16.4. The second kappa shape index (κ2) is 4.78. The van der Waals surface area contributed by atoms with Gasteiger partial charge in [0.25, 0.3) is 5.91 Å². The molecule has 88 valence electrons. The Morgan fingerprint density at radius 2 is 2.12 bits per heavy atom. The van der Waals surface area contributed by atoms with Crippen molar-refractivity contribution in [3.8, 4) is 0 Å². The monoisotopic (exact) mass is 225 g/mol. The molecular weight excluding hydrogens is 210 g/mol. The maximum Gasteiger partial charge on any atom is 0.326 e. The number of nitrogens with one attached hydrogen (secondary N) is 2. The number of H-pyrrole nitrogens is 1. The maximum atomic E-state index is 11.8. The molecule has 0 radical (unpaired) electrons. The highest BCUT2D eigenvalue weighted by molar-refractivity contribution is 5.98. The molecule has 1 aromatic rings. The van der Waals surface area contributed by atoms with Crippen molar-refractivity contribution in [2.75, 3.05) is 0 Å². The van der Waals surface area contributed by atoms with Crippen LogP contribution in [0.15, 0.2) is 0 Å². The lowest BCUT2D eigenvalue weighted by Crippen LogP contribution is -2.40. The summed E-state index contributed by atoms with van der Waals surface area (Å²) < 4.78 is 0. The predicted octanol–water partition coefficient (Wildman–Crippen LogP) is 0.620. The van der Waals surface area contributed by atoms with Crippen molar-refractivity contribution in [2.24, 2.45) is 0 Å². The summed E-state index contributed by atoms with van der Waals surface area (Å²) in [6.07, 6.45) is 0.344. The molecule has 1 heterocycles. The van der Waals surface area contributed by atoms with Crippen LogP contribution in [-0.2, 0) is 4.79 Å². The van der Waals surface area contributed by atoms with E-state index >= 15 is 0 Å². The van der Waals surface area contributed by atoms with Gasteiger partial charge in [-0.3, -0.25) is 9.89 Å². The number of amides is 1. The molecule has 3 N–H and O–H groups in total. The third-order valence-corrected chi connectivity index (χ3v) is 2.37. The average Bonchev–Trinajstić information content (AvgIpc) is 2.54. The van der Waals surface area contributed by atoms with E-state index in [1.165, 1.54) is 0 Å². The zero-order valence-electron chi connectivity index (χ0n) is 9.50. The van der Waals surface area contributed by atoms with E-state index in [0.717, 1.165) is 0 Å². The van der Waals surface area contributed by atoms with Gasteiger partial charge in [0.2, 0.25) is 0 Å². The van der Waals surface area contributed by atoms with Crippen LogP contribution in [0.4, 0.5) is 0 Å². The maximum absolute atomic E-state index is 11.8. The predicted molar refractivity (Wildman–Crippen MR) is 57.2 cm³/mol. The second-order valence-corrected chi connectivity index (χ2v) is 3.58. The lowest BCUT2D eigenvalue weighted by Gasteiger charge is -2.12. The van der Waals surface area contributed by atoms with Crippen LogP contribution in [0.25, 0.3) is 0 Å². The Balaban J connectivity index is 2.84. The van der Waals surface area contributed by atoms with Crippen molar-refractivity contribution in [2.45, 2.75) is 33.2 Å². The van der Waals surface area contributed by atoms with Crippen LogP contribution in [0, 0.1) is 13.8 Å². The molecule has 0 spiro atoms. The number of carbonyl (C=O) groups excluding carboxylic acids is 1. The molecule has 1 amide bonds. The largest absolute Gasteiger partial charge is 0.480 e. The number of hydrogen-bond acceptors (Lipinski definition) is 3. The third-order valence-electron chi connectivity index (χ3n) is 2.37. The summed E-state index contributed by atoms with van der Waals surface area (Å²) in [4.78, 5) is 22.6. The van der Waals surface area contributed by atoms with Crippen molar-refractivity contribution in [1.29, 1.82) is 0 Å². The highest BCUT2D eigenvalue weighted by Crippen LogP contribution is 2.09. The van der Waals surface area contributed by atoms with E-state index in [1.807, 2.05) is 0 Å². The van der Waals surface area contributed by atoms with Gasteiger partial charge in [0, 0.05) is 5.69 Å². The number of carboxylic acid groups (broad SMARTS) is 1.